The molecule has 1 aromatic heterocycles. The molecule has 0 atom stereocenters. The summed E-state index contributed by atoms with van der Waals surface area (Å²) >= 11 is 0. The molecule has 1 heterocycles. The summed E-state index contributed by atoms with van der Waals surface area (Å²) in [6, 6.07) is 2.93. The summed E-state index contributed by atoms with van der Waals surface area (Å²) in [7, 11) is 1.57. The Kier molecular flexibility index (Phi) is 1.37. The lowest BCUT2D eigenvalue weighted by molar-refractivity contribution is -0.255. The molecule has 0 aromatic carbocycles. The van der Waals surface area contributed by atoms with Gasteiger partial charge in [-0.3, -0.25) is 0 Å². The Labute approximate surface area is 57.9 Å². The number of aromatic carboxylic acids is 1. The van der Waals surface area contributed by atoms with Crippen molar-refractivity contribution in [3.63, 3.8) is 0 Å². The first-order valence-corrected chi connectivity index (χ1v) is 2.75. The third kappa shape index (κ3) is 0.834. The van der Waals surface area contributed by atoms with Crippen LogP contribution in [-0.4, -0.2) is 10.5 Å². The molecule has 0 aliphatic heterocycles. The molecule has 1 aromatic rings. The smallest absolute Gasteiger partial charge is 0.103 e. The first-order chi connectivity index (χ1) is 4.63. The molecule has 0 aliphatic rings. The second-order valence-electron chi connectivity index (χ2n) is 1.99. The molecule has 0 radical (unpaired) electrons. The van der Waals surface area contributed by atoms with Crippen molar-refractivity contribution in [2.45, 2.75) is 0 Å². The van der Waals surface area contributed by atoms with E-state index in [0.29, 0.717) is 5.82 Å². The van der Waals surface area contributed by atoms with Crippen LogP contribution in [0, 0.1) is 0 Å². The molecule has 0 unspecified atom stereocenters. The topological polar surface area (TPSA) is 71.1 Å². The summed E-state index contributed by atoms with van der Waals surface area (Å²) in [5.41, 5.74) is 5.45. The van der Waals surface area contributed by atoms with Gasteiger partial charge in [0.05, 0.1) is 11.7 Å². The van der Waals surface area contributed by atoms with Crippen LogP contribution in [0.5, 0.6) is 0 Å². The van der Waals surface area contributed by atoms with Gasteiger partial charge in [0.2, 0.25) is 0 Å². The van der Waals surface area contributed by atoms with Crippen molar-refractivity contribution >= 4 is 11.8 Å². The van der Waals surface area contributed by atoms with E-state index in [9.17, 15) is 9.90 Å². The van der Waals surface area contributed by atoms with Crippen molar-refractivity contribution in [3.05, 3.63) is 17.8 Å². The Hall–Kier alpha value is -1.45. The number of anilines is 1. The number of nitrogen functional groups attached to an aromatic ring is 1. The van der Waals surface area contributed by atoms with Crippen LogP contribution >= 0.6 is 0 Å². The van der Waals surface area contributed by atoms with Gasteiger partial charge in [-0.15, -0.1) is 0 Å². The Morgan fingerprint density at radius 2 is 2.30 bits per heavy atom. The SMILES string of the molecule is Cn1c(N)ccc1C(=O)[O-]. The Morgan fingerprint density at radius 3 is 2.50 bits per heavy atom. The number of nitrogens with two attached hydrogens (primary N) is 1. The minimum atomic E-state index is -1.21. The highest BCUT2D eigenvalue weighted by molar-refractivity contribution is 5.84. The fraction of sp³-hybridized carbons (Fsp3) is 0.167. The Morgan fingerprint density at radius 1 is 1.70 bits per heavy atom. The molecule has 0 saturated heterocycles. The van der Waals surface area contributed by atoms with Crippen molar-refractivity contribution in [1.29, 1.82) is 0 Å². The lowest BCUT2D eigenvalue weighted by atomic mass is 10.4. The number of carbonyl (C=O) groups excluding carboxylic acids is 1. The highest BCUT2D eigenvalue weighted by Crippen LogP contribution is 2.06. The monoisotopic (exact) mass is 139 g/mol. The predicted octanol–water partition coefficient (Wildman–Crippen LogP) is -1.03. The molecule has 0 fully saturated rings. The number of carbonyl (C=O) groups is 1. The van der Waals surface area contributed by atoms with E-state index in [1.165, 1.54) is 16.7 Å². The fourth-order valence-electron chi connectivity index (χ4n) is 0.732. The molecule has 4 heteroatoms. The molecule has 0 spiro atoms. The van der Waals surface area contributed by atoms with Crippen LogP contribution in [-0.2, 0) is 7.05 Å². The third-order valence-electron chi connectivity index (χ3n) is 1.37. The van der Waals surface area contributed by atoms with E-state index < -0.39 is 5.97 Å². The predicted molar refractivity (Wildman–Crippen MR) is 34.2 cm³/mol. The quantitative estimate of drug-likeness (QED) is 0.540. The molecule has 1 rings (SSSR count). The van der Waals surface area contributed by atoms with E-state index >= 15 is 0 Å². The molecule has 4 nitrogen and oxygen atoms in total. The molecule has 0 bridgehead atoms. The summed E-state index contributed by atoms with van der Waals surface area (Å²) in [6.07, 6.45) is 0. The number of aromatic nitrogens is 1. The standard InChI is InChI=1S/C6H8N2O2/c1-8-4(6(9)10)2-3-5(8)7/h2-3H,7H2,1H3,(H,9,10)/p-1. The highest BCUT2D eigenvalue weighted by Gasteiger charge is 1.99. The fourth-order valence-corrected chi connectivity index (χ4v) is 0.732. The zero-order chi connectivity index (χ0) is 7.72. The zero-order valence-electron chi connectivity index (χ0n) is 5.50. The van der Waals surface area contributed by atoms with E-state index in [1.54, 1.807) is 7.05 Å². The Bertz CT molecular complexity index is 265. The van der Waals surface area contributed by atoms with E-state index in [1.807, 2.05) is 0 Å². The first kappa shape index (κ1) is 6.67. The third-order valence-corrected chi connectivity index (χ3v) is 1.37. The second kappa shape index (κ2) is 2.06. The van der Waals surface area contributed by atoms with Crippen molar-refractivity contribution in [3.8, 4) is 0 Å². The number of carboxylic acid groups (broad SMARTS) is 1. The van der Waals surface area contributed by atoms with E-state index in [-0.39, 0.29) is 5.69 Å². The van der Waals surface area contributed by atoms with Gasteiger partial charge in [-0.25, -0.2) is 0 Å². The van der Waals surface area contributed by atoms with Gasteiger partial charge in [-0.2, -0.15) is 0 Å². The normalized spacial score (nSPS) is 9.70. The van der Waals surface area contributed by atoms with Crippen molar-refractivity contribution in [1.82, 2.24) is 4.57 Å². The number of rotatable bonds is 1. The second-order valence-corrected chi connectivity index (χ2v) is 1.99. The van der Waals surface area contributed by atoms with Crippen LogP contribution < -0.4 is 10.8 Å². The average molecular weight is 139 g/mol. The maximum atomic E-state index is 10.2. The molecule has 10 heavy (non-hydrogen) atoms. The van der Waals surface area contributed by atoms with E-state index in [4.69, 9.17) is 5.73 Å². The van der Waals surface area contributed by atoms with Gasteiger partial charge in [-0.05, 0) is 12.1 Å². The number of hydrogen-bond donors (Lipinski definition) is 1. The lowest BCUT2D eigenvalue weighted by Crippen LogP contribution is -2.25. The van der Waals surface area contributed by atoms with Gasteiger partial charge in [-0.1, -0.05) is 0 Å². The maximum Gasteiger partial charge on any atom is 0.103 e. The zero-order valence-corrected chi connectivity index (χ0v) is 5.50. The van der Waals surface area contributed by atoms with Crippen LogP contribution in [0.15, 0.2) is 12.1 Å². The van der Waals surface area contributed by atoms with Gasteiger partial charge in [0.25, 0.3) is 0 Å². The summed E-state index contributed by atoms with van der Waals surface area (Å²) in [5, 5.41) is 10.2. The summed E-state index contributed by atoms with van der Waals surface area (Å²) in [6.45, 7) is 0. The number of hydrogen-bond acceptors (Lipinski definition) is 3. The first-order valence-electron chi connectivity index (χ1n) is 2.75. The molecule has 0 amide bonds. The summed E-state index contributed by atoms with van der Waals surface area (Å²) in [4.78, 5) is 10.2. The maximum absolute atomic E-state index is 10.2. The molecular weight excluding hydrogens is 132 g/mol. The van der Waals surface area contributed by atoms with E-state index in [0.717, 1.165) is 0 Å². The number of nitrogens with zero attached hydrogens (tertiary/aromatic N) is 1. The van der Waals surface area contributed by atoms with Crippen molar-refractivity contribution in [2.75, 3.05) is 5.73 Å². The molecule has 54 valence electrons. The summed E-state index contributed by atoms with van der Waals surface area (Å²) in [5.74, 6) is -0.793. The molecule has 0 aliphatic carbocycles. The van der Waals surface area contributed by atoms with Crippen molar-refractivity contribution < 1.29 is 9.90 Å². The lowest BCUT2D eigenvalue weighted by Gasteiger charge is -2.03. The van der Waals surface area contributed by atoms with Gasteiger partial charge in [0.1, 0.15) is 5.82 Å². The molecule has 0 saturated carbocycles. The van der Waals surface area contributed by atoms with Crippen LogP contribution in [0.2, 0.25) is 0 Å². The molecular formula is C6H7N2O2-. The van der Waals surface area contributed by atoms with Crippen LogP contribution in [0.1, 0.15) is 10.5 Å². The van der Waals surface area contributed by atoms with Gasteiger partial charge < -0.3 is 20.2 Å². The summed E-state index contributed by atoms with van der Waals surface area (Å²) < 4.78 is 1.36. The van der Waals surface area contributed by atoms with Crippen LogP contribution in [0.4, 0.5) is 5.82 Å². The van der Waals surface area contributed by atoms with E-state index in [2.05, 4.69) is 0 Å². The van der Waals surface area contributed by atoms with Crippen molar-refractivity contribution in [2.24, 2.45) is 7.05 Å². The van der Waals surface area contributed by atoms with Crippen LogP contribution in [0.3, 0.4) is 0 Å². The minimum Gasteiger partial charge on any atom is -0.543 e. The van der Waals surface area contributed by atoms with Gasteiger partial charge >= 0.3 is 0 Å². The number of carboxylic acids is 1. The minimum absolute atomic E-state index is 0.0949. The Balaban J connectivity index is 3.17. The van der Waals surface area contributed by atoms with Gasteiger partial charge in [0.15, 0.2) is 0 Å². The molecule has 2 N–H and O–H groups in total. The van der Waals surface area contributed by atoms with Crippen LogP contribution in [0.25, 0.3) is 0 Å². The highest BCUT2D eigenvalue weighted by atomic mass is 16.4. The van der Waals surface area contributed by atoms with Gasteiger partial charge in [0, 0.05) is 7.05 Å². The largest absolute Gasteiger partial charge is 0.543 e. The average Bonchev–Trinajstić information content (AvgIpc) is 2.14.